The van der Waals surface area contributed by atoms with Crippen LogP contribution in [-0.4, -0.2) is 59.7 Å². The minimum atomic E-state index is -3.79. The van der Waals surface area contributed by atoms with Gasteiger partial charge in [-0.3, -0.25) is 4.40 Å². The Bertz CT molecular complexity index is 1230. The van der Waals surface area contributed by atoms with Crippen molar-refractivity contribution in [2.24, 2.45) is 0 Å². The number of nitrogens with zero attached hydrogens (tertiary/aromatic N) is 5. The SMILES string of the molecule is CC1(NS(=O)(=O)c2cc(N3CCNCC3)c3cnc(-c4nnc(C(F)F)s4)n3c2)CC1. The van der Waals surface area contributed by atoms with Gasteiger partial charge in [-0.05, 0) is 25.8 Å². The predicted octanol–water partition coefficient (Wildman–Crippen LogP) is 2.03. The lowest BCUT2D eigenvalue weighted by Crippen LogP contribution is -2.43. The summed E-state index contributed by atoms with van der Waals surface area (Å²) in [4.78, 5) is 6.57. The van der Waals surface area contributed by atoms with E-state index in [1.807, 2.05) is 6.92 Å². The van der Waals surface area contributed by atoms with E-state index in [9.17, 15) is 17.2 Å². The molecule has 3 aromatic rings. The van der Waals surface area contributed by atoms with Gasteiger partial charge in [-0.2, -0.15) is 0 Å². The summed E-state index contributed by atoms with van der Waals surface area (Å²) in [6, 6.07) is 1.66. The molecule has 0 radical (unpaired) electrons. The lowest BCUT2D eigenvalue weighted by atomic mass is 10.2. The largest absolute Gasteiger partial charge is 0.367 e. The zero-order valence-corrected chi connectivity index (χ0v) is 18.3. The smallest absolute Gasteiger partial charge is 0.291 e. The summed E-state index contributed by atoms with van der Waals surface area (Å²) in [6.45, 7) is 4.83. The lowest BCUT2D eigenvalue weighted by molar-refractivity contribution is 0.150. The summed E-state index contributed by atoms with van der Waals surface area (Å²) in [5.41, 5.74) is 0.983. The summed E-state index contributed by atoms with van der Waals surface area (Å²) in [5.74, 6) is 0.283. The van der Waals surface area contributed by atoms with Crippen molar-refractivity contribution in [2.75, 3.05) is 31.1 Å². The Morgan fingerprint density at radius 2 is 2.00 bits per heavy atom. The zero-order chi connectivity index (χ0) is 21.8. The van der Waals surface area contributed by atoms with Crippen LogP contribution in [0, 0.1) is 0 Å². The number of anilines is 1. The first-order valence-corrected chi connectivity index (χ1v) is 12.2. The monoisotopic (exact) mass is 469 g/mol. The van der Waals surface area contributed by atoms with Crippen molar-refractivity contribution in [1.82, 2.24) is 29.6 Å². The Morgan fingerprint density at radius 3 is 2.65 bits per heavy atom. The Labute approximate surface area is 181 Å². The van der Waals surface area contributed by atoms with Crippen molar-refractivity contribution in [2.45, 2.75) is 36.6 Å². The second-order valence-corrected chi connectivity index (χ2v) is 10.7. The Balaban J connectivity index is 1.66. The fraction of sp³-hybridized carbons (Fsp3) is 0.500. The van der Waals surface area contributed by atoms with Gasteiger partial charge >= 0.3 is 0 Å². The van der Waals surface area contributed by atoms with E-state index in [0.717, 1.165) is 43.0 Å². The number of pyridine rings is 1. The van der Waals surface area contributed by atoms with Crippen molar-refractivity contribution >= 4 is 32.6 Å². The van der Waals surface area contributed by atoms with Gasteiger partial charge in [-0.25, -0.2) is 26.9 Å². The molecule has 0 aromatic carbocycles. The summed E-state index contributed by atoms with van der Waals surface area (Å²) in [5, 5.41) is 10.5. The molecule has 2 aliphatic rings. The number of fused-ring (bicyclic) bond motifs is 1. The minimum Gasteiger partial charge on any atom is -0.367 e. The number of imidazole rings is 1. The van der Waals surface area contributed by atoms with E-state index >= 15 is 0 Å². The van der Waals surface area contributed by atoms with Crippen LogP contribution >= 0.6 is 11.3 Å². The average molecular weight is 470 g/mol. The highest BCUT2D eigenvalue weighted by Crippen LogP contribution is 2.37. The van der Waals surface area contributed by atoms with Crippen molar-refractivity contribution < 1.29 is 17.2 Å². The minimum absolute atomic E-state index is 0.0968. The fourth-order valence-corrected chi connectivity index (χ4v) is 5.78. The average Bonchev–Trinajstić information content (AvgIpc) is 3.13. The van der Waals surface area contributed by atoms with Crippen molar-refractivity contribution in [3.8, 4) is 10.8 Å². The molecule has 4 heterocycles. The Kier molecular flexibility index (Phi) is 4.95. The van der Waals surface area contributed by atoms with Crippen LogP contribution in [0.15, 0.2) is 23.4 Å². The molecular formula is C18H21F2N7O2S2. The topological polar surface area (TPSA) is 105 Å². The first kappa shape index (κ1) is 20.7. The molecule has 0 spiro atoms. The lowest BCUT2D eigenvalue weighted by Gasteiger charge is -2.30. The molecule has 1 aliphatic heterocycles. The highest BCUT2D eigenvalue weighted by Gasteiger charge is 2.41. The van der Waals surface area contributed by atoms with E-state index in [1.165, 1.54) is 6.20 Å². The maximum atomic E-state index is 13.1. The molecule has 1 saturated carbocycles. The van der Waals surface area contributed by atoms with Crippen molar-refractivity contribution in [3.63, 3.8) is 0 Å². The number of aromatic nitrogens is 4. The van der Waals surface area contributed by atoms with Crippen LogP contribution in [0.25, 0.3) is 16.3 Å². The molecule has 1 aliphatic carbocycles. The number of nitrogens with one attached hydrogen (secondary N) is 2. The zero-order valence-electron chi connectivity index (χ0n) is 16.7. The molecule has 5 rings (SSSR count). The maximum Gasteiger partial charge on any atom is 0.291 e. The van der Waals surface area contributed by atoms with Crippen molar-refractivity contribution in [3.05, 3.63) is 23.5 Å². The molecule has 0 amide bonds. The molecule has 0 bridgehead atoms. The molecule has 3 aromatic heterocycles. The van der Waals surface area contributed by atoms with Crippen LogP contribution in [-0.2, 0) is 10.0 Å². The van der Waals surface area contributed by atoms with E-state index in [1.54, 1.807) is 16.7 Å². The number of sulfonamides is 1. The molecule has 2 N–H and O–H groups in total. The number of hydrogen-bond acceptors (Lipinski definition) is 8. The molecule has 9 nitrogen and oxygen atoms in total. The number of piperazine rings is 1. The Hall–Kier alpha value is -2.22. The normalized spacial score (nSPS) is 18.8. The molecule has 2 fully saturated rings. The van der Waals surface area contributed by atoms with Gasteiger partial charge in [0.05, 0.1) is 17.4 Å². The number of alkyl halides is 2. The van der Waals surface area contributed by atoms with E-state index in [2.05, 4.69) is 30.1 Å². The van der Waals surface area contributed by atoms with Crippen LogP contribution in [0.4, 0.5) is 14.5 Å². The molecule has 166 valence electrons. The molecule has 0 atom stereocenters. The maximum absolute atomic E-state index is 13.1. The van der Waals surface area contributed by atoms with Gasteiger partial charge in [0.15, 0.2) is 15.8 Å². The number of hydrogen-bond donors (Lipinski definition) is 2. The molecule has 0 unspecified atom stereocenters. The summed E-state index contributed by atoms with van der Waals surface area (Å²) >= 11 is 0.744. The second kappa shape index (κ2) is 7.43. The quantitative estimate of drug-likeness (QED) is 0.569. The third-order valence-electron chi connectivity index (χ3n) is 5.56. The molecule has 1 saturated heterocycles. The van der Waals surface area contributed by atoms with Crippen LogP contribution in [0.5, 0.6) is 0 Å². The predicted molar refractivity (Wildman–Crippen MR) is 112 cm³/mol. The molecular weight excluding hydrogens is 448 g/mol. The first-order chi connectivity index (χ1) is 14.8. The van der Waals surface area contributed by atoms with Crippen LogP contribution < -0.4 is 14.9 Å². The molecule has 13 heteroatoms. The van der Waals surface area contributed by atoms with Gasteiger partial charge in [0.1, 0.15) is 4.90 Å². The van der Waals surface area contributed by atoms with Gasteiger partial charge in [0, 0.05) is 37.9 Å². The highest BCUT2D eigenvalue weighted by molar-refractivity contribution is 7.89. The van der Waals surface area contributed by atoms with Gasteiger partial charge in [-0.15, -0.1) is 10.2 Å². The highest BCUT2D eigenvalue weighted by atomic mass is 32.2. The fourth-order valence-electron chi connectivity index (χ4n) is 3.60. The molecule has 31 heavy (non-hydrogen) atoms. The number of halogens is 2. The third kappa shape index (κ3) is 3.90. The van der Waals surface area contributed by atoms with Crippen LogP contribution in [0.1, 0.15) is 31.2 Å². The van der Waals surface area contributed by atoms with Gasteiger partial charge < -0.3 is 10.2 Å². The van der Waals surface area contributed by atoms with E-state index in [-0.39, 0.29) is 15.7 Å². The van der Waals surface area contributed by atoms with Gasteiger partial charge in [-0.1, -0.05) is 11.3 Å². The Morgan fingerprint density at radius 1 is 1.26 bits per heavy atom. The van der Waals surface area contributed by atoms with Crippen molar-refractivity contribution in [1.29, 1.82) is 0 Å². The standard InChI is InChI=1S/C18H21F2N7O2S2/c1-18(2-3-18)25-31(28,29)11-8-12(26-6-4-21-5-7-26)13-9-22-15(27(13)10-11)17-24-23-16(30-17)14(19)20/h8-10,14,21,25H,2-7H2,1H3. The van der Waals surface area contributed by atoms with Crippen LogP contribution in [0.2, 0.25) is 0 Å². The second-order valence-electron chi connectivity index (χ2n) is 8.05. The van der Waals surface area contributed by atoms with E-state index in [0.29, 0.717) is 18.6 Å². The van der Waals surface area contributed by atoms with Gasteiger partial charge in [0.2, 0.25) is 10.0 Å². The summed E-state index contributed by atoms with van der Waals surface area (Å²) in [7, 11) is -3.79. The van der Waals surface area contributed by atoms with Crippen LogP contribution in [0.3, 0.4) is 0 Å². The summed E-state index contributed by atoms with van der Waals surface area (Å²) < 4.78 is 56.7. The number of rotatable bonds is 6. The first-order valence-electron chi connectivity index (χ1n) is 9.88. The third-order valence-corrected chi connectivity index (χ3v) is 8.09. The van der Waals surface area contributed by atoms with Gasteiger partial charge in [0.25, 0.3) is 6.43 Å². The van der Waals surface area contributed by atoms with E-state index < -0.39 is 27.0 Å². The van der Waals surface area contributed by atoms with E-state index in [4.69, 9.17) is 0 Å². The summed E-state index contributed by atoms with van der Waals surface area (Å²) in [6.07, 6.45) is 1.93.